The van der Waals surface area contributed by atoms with Gasteiger partial charge in [0.25, 0.3) is 0 Å². The van der Waals surface area contributed by atoms with E-state index in [0.29, 0.717) is 0 Å². The van der Waals surface area contributed by atoms with Crippen LogP contribution in [0.25, 0.3) is 10.2 Å². The zero-order valence-electron chi connectivity index (χ0n) is 8.69. The Labute approximate surface area is 93.1 Å². The van der Waals surface area contributed by atoms with Crippen LogP contribution in [0, 0.1) is 0 Å². The molecule has 0 atom stereocenters. The van der Waals surface area contributed by atoms with Crippen LogP contribution in [-0.4, -0.2) is 25.2 Å². The maximum atomic E-state index is 4.96. The largest absolute Gasteiger partial charge is 0.383 e. The van der Waals surface area contributed by atoms with Crippen molar-refractivity contribution < 1.29 is 4.74 Å². The number of hydrogen-bond donors (Lipinski definition) is 1. The first-order chi connectivity index (χ1) is 7.40. The van der Waals surface area contributed by atoms with Gasteiger partial charge in [-0.05, 0) is 12.1 Å². The average molecular weight is 222 g/mol. The summed E-state index contributed by atoms with van der Waals surface area (Å²) in [6, 6.07) is 8.21. The fourth-order valence-electron chi connectivity index (χ4n) is 1.37. The van der Waals surface area contributed by atoms with E-state index >= 15 is 0 Å². The number of nitrogens with zero attached hydrogens (tertiary/aromatic N) is 1. The monoisotopic (exact) mass is 222 g/mol. The van der Waals surface area contributed by atoms with Gasteiger partial charge >= 0.3 is 0 Å². The third-order valence-electron chi connectivity index (χ3n) is 2.10. The quantitative estimate of drug-likeness (QED) is 0.786. The summed E-state index contributed by atoms with van der Waals surface area (Å²) >= 11 is 1.74. The van der Waals surface area contributed by atoms with Crippen molar-refractivity contribution in [1.82, 2.24) is 10.3 Å². The summed E-state index contributed by atoms with van der Waals surface area (Å²) in [5.74, 6) is 0. The van der Waals surface area contributed by atoms with Crippen molar-refractivity contribution in [3.8, 4) is 0 Å². The summed E-state index contributed by atoms with van der Waals surface area (Å²) in [4.78, 5) is 4.53. The number of thiazole rings is 1. The first-order valence-corrected chi connectivity index (χ1v) is 5.76. The molecule has 0 saturated carbocycles. The van der Waals surface area contributed by atoms with E-state index in [1.165, 1.54) is 4.70 Å². The fraction of sp³-hybridized carbons (Fsp3) is 0.364. The fourth-order valence-corrected chi connectivity index (χ4v) is 2.30. The molecule has 0 bridgehead atoms. The highest BCUT2D eigenvalue weighted by molar-refractivity contribution is 7.18. The highest BCUT2D eigenvalue weighted by atomic mass is 32.1. The van der Waals surface area contributed by atoms with Gasteiger partial charge in [0.05, 0.1) is 16.8 Å². The molecule has 15 heavy (non-hydrogen) atoms. The van der Waals surface area contributed by atoms with Crippen molar-refractivity contribution in [2.45, 2.75) is 6.54 Å². The van der Waals surface area contributed by atoms with Gasteiger partial charge in [0.2, 0.25) is 0 Å². The molecule has 80 valence electrons. The molecule has 4 heteroatoms. The Kier molecular flexibility index (Phi) is 3.66. The maximum absolute atomic E-state index is 4.96. The van der Waals surface area contributed by atoms with Crippen LogP contribution >= 0.6 is 11.3 Å². The number of aromatic nitrogens is 1. The number of fused-ring (bicyclic) bond motifs is 1. The number of hydrogen-bond acceptors (Lipinski definition) is 4. The molecule has 3 nitrogen and oxygen atoms in total. The molecule has 2 rings (SSSR count). The molecule has 0 fully saturated rings. The molecule has 1 heterocycles. The number of methoxy groups -OCH3 is 1. The van der Waals surface area contributed by atoms with Gasteiger partial charge < -0.3 is 10.1 Å². The summed E-state index contributed by atoms with van der Waals surface area (Å²) in [5, 5.41) is 4.42. The van der Waals surface area contributed by atoms with Gasteiger partial charge in [-0.25, -0.2) is 4.98 Å². The highest BCUT2D eigenvalue weighted by Gasteiger charge is 2.01. The SMILES string of the molecule is COCCNCc1nc2ccccc2s1. The molecule has 0 amide bonds. The molecule has 1 aromatic heterocycles. The van der Waals surface area contributed by atoms with E-state index in [1.807, 2.05) is 18.2 Å². The molecule has 1 N–H and O–H groups in total. The predicted octanol–water partition coefficient (Wildman–Crippen LogP) is 2.03. The van der Waals surface area contributed by atoms with Gasteiger partial charge in [0, 0.05) is 20.2 Å². The van der Waals surface area contributed by atoms with Gasteiger partial charge in [-0.15, -0.1) is 11.3 Å². The zero-order chi connectivity index (χ0) is 10.5. The Balaban J connectivity index is 1.97. The van der Waals surface area contributed by atoms with Gasteiger partial charge in [0.1, 0.15) is 5.01 Å². The van der Waals surface area contributed by atoms with E-state index in [2.05, 4.69) is 16.4 Å². The molecule has 1 aromatic carbocycles. The van der Waals surface area contributed by atoms with Crippen LogP contribution < -0.4 is 5.32 Å². The van der Waals surface area contributed by atoms with Crippen LogP contribution in [-0.2, 0) is 11.3 Å². The first-order valence-electron chi connectivity index (χ1n) is 4.94. The lowest BCUT2D eigenvalue weighted by Gasteiger charge is -1.99. The Morgan fingerprint density at radius 3 is 3.07 bits per heavy atom. The number of para-hydroxylation sites is 1. The Morgan fingerprint density at radius 2 is 2.27 bits per heavy atom. The van der Waals surface area contributed by atoms with E-state index in [0.717, 1.165) is 30.2 Å². The van der Waals surface area contributed by atoms with Crippen molar-refractivity contribution in [3.63, 3.8) is 0 Å². The van der Waals surface area contributed by atoms with Crippen molar-refractivity contribution >= 4 is 21.6 Å². The standard InChI is InChI=1S/C11H14N2OS/c1-14-7-6-12-8-11-13-9-4-2-3-5-10(9)15-11/h2-5,12H,6-8H2,1H3. The Bertz CT molecular complexity index is 394. The maximum Gasteiger partial charge on any atom is 0.108 e. The summed E-state index contributed by atoms with van der Waals surface area (Å²) in [5.41, 5.74) is 1.09. The number of rotatable bonds is 5. The Hall–Kier alpha value is -0.970. The highest BCUT2D eigenvalue weighted by Crippen LogP contribution is 2.20. The average Bonchev–Trinajstić information content (AvgIpc) is 2.67. The second-order valence-corrected chi connectivity index (χ2v) is 4.36. The van der Waals surface area contributed by atoms with Crippen molar-refractivity contribution in [2.24, 2.45) is 0 Å². The minimum atomic E-state index is 0.741. The van der Waals surface area contributed by atoms with Gasteiger partial charge in [-0.3, -0.25) is 0 Å². The van der Waals surface area contributed by atoms with Crippen LogP contribution in [0.4, 0.5) is 0 Å². The van der Waals surface area contributed by atoms with Gasteiger partial charge in [-0.2, -0.15) is 0 Å². The molecular formula is C11H14N2OS. The number of ether oxygens (including phenoxy) is 1. The summed E-state index contributed by atoms with van der Waals surface area (Å²) in [6.07, 6.45) is 0. The minimum Gasteiger partial charge on any atom is -0.383 e. The second-order valence-electron chi connectivity index (χ2n) is 3.24. The third-order valence-corrected chi connectivity index (χ3v) is 3.13. The minimum absolute atomic E-state index is 0.741. The molecular weight excluding hydrogens is 208 g/mol. The molecule has 0 unspecified atom stereocenters. The first kappa shape index (κ1) is 10.5. The lowest BCUT2D eigenvalue weighted by molar-refractivity contribution is 0.199. The van der Waals surface area contributed by atoms with E-state index in [-0.39, 0.29) is 0 Å². The number of nitrogens with one attached hydrogen (secondary N) is 1. The molecule has 0 aliphatic carbocycles. The molecule has 2 aromatic rings. The van der Waals surface area contributed by atoms with Gasteiger partial charge in [-0.1, -0.05) is 12.1 Å². The van der Waals surface area contributed by atoms with Crippen molar-refractivity contribution in [1.29, 1.82) is 0 Å². The van der Waals surface area contributed by atoms with Crippen LogP contribution in [0.2, 0.25) is 0 Å². The lowest BCUT2D eigenvalue weighted by Crippen LogP contribution is -2.18. The normalized spacial score (nSPS) is 11.0. The molecule has 0 radical (unpaired) electrons. The molecule has 0 saturated heterocycles. The topological polar surface area (TPSA) is 34.1 Å². The van der Waals surface area contributed by atoms with E-state index in [4.69, 9.17) is 4.74 Å². The van der Waals surface area contributed by atoms with E-state index in [9.17, 15) is 0 Å². The second kappa shape index (κ2) is 5.21. The van der Waals surface area contributed by atoms with Crippen LogP contribution in [0.3, 0.4) is 0 Å². The summed E-state index contributed by atoms with van der Waals surface area (Å²) in [7, 11) is 1.71. The van der Waals surface area contributed by atoms with Crippen LogP contribution in [0.15, 0.2) is 24.3 Å². The lowest BCUT2D eigenvalue weighted by atomic mass is 10.3. The van der Waals surface area contributed by atoms with Gasteiger partial charge in [0.15, 0.2) is 0 Å². The van der Waals surface area contributed by atoms with Crippen LogP contribution in [0.1, 0.15) is 5.01 Å². The third kappa shape index (κ3) is 2.75. The molecule has 0 aliphatic heterocycles. The summed E-state index contributed by atoms with van der Waals surface area (Å²) in [6.45, 7) is 2.43. The van der Waals surface area contributed by atoms with Crippen LogP contribution in [0.5, 0.6) is 0 Å². The predicted molar refractivity (Wildman–Crippen MR) is 63.2 cm³/mol. The number of benzene rings is 1. The molecule has 0 aliphatic rings. The summed E-state index contributed by atoms with van der Waals surface area (Å²) < 4.78 is 6.21. The van der Waals surface area contributed by atoms with E-state index < -0.39 is 0 Å². The zero-order valence-corrected chi connectivity index (χ0v) is 9.51. The van der Waals surface area contributed by atoms with E-state index in [1.54, 1.807) is 18.4 Å². The van der Waals surface area contributed by atoms with Crippen molar-refractivity contribution in [3.05, 3.63) is 29.3 Å². The smallest absolute Gasteiger partial charge is 0.108 e. The Morgan fingerprint density at radius 1 is 1.40 bits per heavy atom. The molecule has 0 spiro atoms. The van der Waals surface area contributed by atoms with Crippen molar-refractivity contribution in [2.75, 3.05) is 20.3 Å².